The lowest BCUT2D eigenvalue weighted by Crippen LogP contribution is -2.42. The number of nitrogens with zero attached hydrogens (tertiary/aromatic N) is 2. The normalized spacial score (nSPS) is 18.0. The minimum atomic E-state index is -0.705. The molecule has 0 aliphatic carbocycles. The lowest BCUT2D eigenvalue weighted by atomic mass is 10.1. The molecular weight excluding hydrogens is 459 g/mol. The topological polar surface area (TPSA) is 53.0 Å². The van der Waals surface area contributed by atoms with Gasteiger partial charge in [0.1, 0.15) is 6.61 Å². The van der Waals surface area contributed by atoms with Gasteiger partial charge in [0.15, 0.2) is 0 Å². The minimum Gasteiger partial charge on any atom is -0.445 e. The molecular formula is C26H26Cl2N2O3. The highest BCUT2D eigenvalue weighted by atomic mass is 35.5. The number of aliphatic hydroxyl groups excluding tert-OH is 1. The van der Waals surface area contributed by atoms with Crippen LogP contribution in [0.25, 0.3) is 0 Å². The molecule has 4 rings (SSSR count). The maximum atomic E-state index is 12.7. The lowest BCUT2D eigenvalue weighted by Gasteiger charge is -2.31. The van der Waals surface area contributed by atoms with E-state index in [0.717, 1.165) is 16.7 Å². The van der Waals surface area contributed by atoms with E-state index in [4.69, 9.17) is 27.9 Å². The zero-order chi connectivity index (χ0) is 23.2. The SMILES string of the molecule is O=C(OCc1ccccc1)N1C[C@@H](O)[C@H](N(Cc2ccccc2)Cc2ccc(Cl)cc2Cl)C1. The van der Waals surface area contributed by atoms with Gasteiger partial charge in [0.2, 0.25) is 0 Å². The molecule has 0 aromatic heterocycles. The number of likely N-dealkylation sites (tertiary alicyclic amines) is 1. The Kier molecular flexibility index (Phi) is 7.89. The zero-order valence-corrected chi connectivity index (χ0v) is 19.6. The Balaban J connectivity index is 1.47. The fourth-order valence-electron chi connectivity index (χ4n) is 4.07. The quantitative estimate of drug-likeness (QED) is 0.489. The summed E-state index contributed by atoms with van der Waals surface area (Å²) >= 11 is 12.5. The maximum absolute atomic E-state index is 12.7. The summed E-state index contributed by atoms with van der Waals surface area (Å²) in [5.41, 5.74) is 2.94. The average Bonchev–Trinajstić information content (AvgIpc) is 3.21. The molecule has 0 saturated carbocycles. The van der Waals surface area contributed by atoms with Crippen LogP contribution in [0.15, 0.2) is 78.9 Å². The van der Waals surface area contributed by atoms with Crippen LogP contribution in [-0.4, -0.2) is 46.2 Å². The first-order chi connectivity index (χ1) is 16.0. The summed E-state index contributed by atoms with van der Waals surface area (Å²) in [5, 5.41) is 12.0. The van der Waals surface area contributed by atoms with Crippen molar-refractivity contribution < 1.29 is 14.6 Å². The number of halogens is 2. The molecule has 0 spiro atoms. The standard InChI is InChI=1S/C26H26Cl2N2O3/c27-22-12-11-21(23(28)13-22)15-29(14-19-7-3-1-4-8-19)24-16-30(17-25(24)31)26(32)33-18-20-9-5-2-6-10-20/h1-13,24-25,31H,14-18H2/t24-,25-/m1/s1. The van der Waals surface area contributed by atoms with Crippen molar-refractivity contribution in [3.05, 3.63) is 106 Å². The summed E-state index contributed by atoms with van der Waals surface area (Å²) in [7, 11) is 0. The summed E-state index contributed by atoms with van der Waals surface area (Å²) in [6.45, 7) is 1.91. The third-order valence-corrected chi connectivity index (χ3v) is 6.40. The van der Waals surface area contributed by atoms with Crippen LogP contribution >= 0.6 is 23.2 Å². The molecule has 1 heterocycles. The van der Waals surface area contributed by atoms with Crippen LogP contribution in [0.2, 0.25) is 10.0 Å². The molecule has 0 bridgehead atoms. The van der Waals surface area contributed by atoms with Gasteiger partial charge in [-0.2, -0.15) is 0 Å². The number of rotatable bonds is 7. The Morgan fingerprint density at radius 1 is 0.939 bits per heavy atom. The van der Waals surface area contributed by atoms with Crippen LogP contribution in [-0.2, 0) is 24.4 Å². The van der Waals surface area contributed by atoms with Crippen LogP contribution in [0.3, 0.4) is 0 Å². The van der Waals surface area contributed by atoms with Crippen molar-refractivity contribution in [3.8, 4) is 0 Å². The van der Waals surface area contributed by atoms with Gasteiger partial charge in [-0.15, -0.1) is 0 Å². The van der Waals surface area contributed by atoms with Gasteiger partial charge < -0.3 is 14.7 Å². The maximum Gasteiger partial charge on any atom is 0.410 e. The fraction of sp³-hybridized carbons (Fsp3) is 0.269. The number of hydrogen-bond acceptors (Lipinski definition) is 4. The van der Waals surface area contributed by atoms with E-state index >= 15 is 0 Å². The second-order valence-corrected chi connectivity index (χ2v) is 9.05. The highest BCUT2D eigenvalue weighted by Gasteiger charge is 2.38. The predicted octanol–water partition coefficient (Wildman–Crippen LogP) is 5.38. The van der Waals surface area contributed by atoms with Crippen molar-refractivity contribution in [1.29, 1.82) is 0 Å². The first-order valence-electron chi connectivity index (χ1n) is 10.8. The molecule has 1 N–H and O–H groups in total. The van der Waals surface area contributed by atoms with Crippen LogP contribution in [0.1, 0.15) is 16.7 Å². The molecule has 172 valence electrons. The Morgan fingerprint density at radius 3 is 2.27 bits per heavy atom. The van der Waals surface area contributed by atoms with Crippen molar-refractivity contribution >= 4 is 29.3 Å². The molecule has 1 aliphatic heterocycles. The van der Waals surface area contributed by atoms with E-state index in [9.17, 15) is 9.90 Å². The van der Waals surface area contributed by atoms with E-state index in [-0.39, 0.29) is 19.2 Å². The molecule has 1 amide bonds. The van der Waals surface area contributed by atoms with Crippen LogP contribution < -0.4 is 0 Å². The number of hydrogen-bond donors (Lipinski definition) is 1. The molecule has 5 nitrogen and oxygen atoms in total. The Bertz CT molecular complexity index is 1070. The molecule has 3 aromatic carbocycles. The zero-order valence-electron chi connectivity index (χ0n) is 18.1. The average molecular weight is 485 g/mol. The van der Waals surface area contributed by atoms with Crippen molar-refractivity contribution in [2.24, 2.45) is 0 Å². The third-order valence-electron chi connectivity index (χ3n) is 5.81. The smallest absolute Gasteiger partial charge is 0.410 e. The van der Waals surface area contributed by atoms with Crippen molar-refractivity contribution in [1.82, 2.24) is 9.80 Å². The van der Waals surface area contributed by atoms with Gasteiger partial charge in [0.25, 0.3) is 0 Å². The Hall–Kier alpha value is -2.57. The second kappa shape index (κ2) is 11.0. The van der Waals surface area contributed by atoms with Gasteiger partial charge in [-0.3, -0.25) is 4.90 Å². The van der Waals surface area contributed by atoms with Crippen molar-refractivity contribution in [2.75, 3.05) is 13.1 Å². The van der Waals surface area contributed by atoms with Gasteiger partial charge >= 0.3 is 6.09 Å². The molecule has 3 aromatic rings. The second-order valence-electron chi connectivity index (χ2n) is 8.21. The minimum absolute atomic E-state index is 0.199. The molecule has 1 fully saturated rings. The summed E-state index contributed by atoms with van der Waals surface area (Å²) in [4.78, 5) is 16.4. The fourth-order valence-corrected chi connectivity index (χ4v) is 4.53. The van der Waals surface area contributed by atoms with E-state index < -0.39 is 12.2 Å². The van der Waals surface area contributed by atoms with Gasteiger partial charge in [-0.1, -0.05) is 89.9 Å². The van der Waals surface area contributed by atoms with Gasteiger partial charge in [0.05, 0.1) is 18.7 Å². The molecule has 0 radical (unpaired) electrons. The Labute approximate surface area is 204 Å². The number of benzene rings is 3. The number of amides is 1. The molecule has 33 heavy (non-hydrogen) atoms. The number of ether oxygens (including phenoxy) is 1. The molecule has 7 heteroatoms. The first kappa shape index (κ1) is 23.6. The van der Waals surface area contributed by atoms with Gasteiger partial charge in [-0.25, -0.2) is 4.79 Å². The third kappa shape index (κ3) is 6.27. The molecule has 2 atom stereocenters. The number of carbonyl (C=O) groups is 1. The van der Waals surface area contributed by atoms with Crippen molar-refractivity contribution in [3.63, 3.8) is 0 Å². The largest absolute Gasteiger partial charge is 0.445 e. The lowest BCUT2D eigenvalue weighted by molar-refractivity contribution is 0.0728. The summed E-state index contributed by atoms with van der Waals surface area (Å²) < 4.78 is 5.48. The molecule has 0 unspecified atom stereocenters. The van der Waals surface area contributed by atoms with E-state index in [0.29, 0.717) is 29.7 Å². The summed E-state index contributed by atoms with van der Waals surface area (Å²) in [5.74, 6) is 0. The first-order valence-corrected chi connectivity index (χ1v) is 11.6. The van der Waals surface area contributed by atoms with E-state index in [1.807, 2.05) is 72.8 Å². The van der Waals surface area contributed by atoms with E-state index in [2.05, 4.69) is 4.90 Å². The van der Waals surface area contributed by atoms with Crippen molar-refractivity contribution in [2.45, 2.75) is 31.8 Å². The monoisotopic (exact) mass is 484 g/mol. The highest BCUT2D eigenvalue weighted by Crippen LogP contribution is 2.27. The summed E-state index contributed by atoms with van der Waals surface area (Å²) in [6, 6.07) is 24.7. The predicted molar refractivity (Wildman–Crippen MR) is 130 cm³/mol. The highest BCUT2D eigenvalue weighted by molar-refractivity contribution is 6.35. The van der Waals surface area contributed by atoms with E-state index in [1.165, 1.54) is 0 Å². The van der Waals surface area contributed by atoms with Gasteiger partial charge in [0, 0.05) is 29.7 Å². The van der Waals surface area contributed by atoms with Gasteiger partial charge in [-0.05, 0) is 28.8 Å². The van der Waals surface area contributed by atoms with Crippen LogP contribution in [0, 0.1) is 0 Å². The number of aliphatic hydroxyl groups is 1. The Morgan fingerprint density at radius 2 is 1.61 bits per heavy atom. The summed E-state index contributed by atoms with van der Waals surface area (Å²) in [6.07, 6.45) is -1.13. The van der Waals surface area contributed by atoms with Crippen LogP contribution in [0.5, 0.6) is 0 Å². The molecule has 1 aliphatic rings. The number of β-amino-alcohol motifs (C(OH)–C–C–N with tert-alkyl or cyclic N) is 1. The number of carbonyl (C=O) groups excluding carboxylic acids is 1. The molecule has 1 saturated heterocycles. The van der Waals surface area contributed by atoms with E-state index in [1.54, 1.807) is 11.0 Å². The van der Waals surface area contributed by atoms with Crippen LogP contribution in [0.4, 0.5) is 4.79 Å².